The van der Waals surface area contributed by atoms with Crippen molar-refractivity contribution in [2.45, 2.75) is 46.6 Å². The Hall–Kier alpha value is -0.760. The van der Waals surface area contributed by atoms with Crippen molar-refractivity contribution in [1.29, 1.82) is 0 Å². The molecule has 0 saturated carbocycles. The first-order chi connectivity index (χ1) is 6.94. The van der Waals surface area contributed by atoms with E-state index in [-0.39, 0.29) is 0 Å². The highest BCUT2D eigenvalue weighted by molar-refractivity contribution is 5.18. The van der Waals surface area contributed by atoms with Gasteiger partial charge >= 0.3 is 0 Å². The van der Waals surface area contributed by atoms with Crippen molar-refractivity contribution in [3.8, 4) is 0 Å². The molecule has 0 aliphatic carbocycles. The van der Waals surface area contributed by atoms with Crippen LogP contribution in [0.25, 0.3) is 0 Å². The minimum atomic E-state index is 0.347. The molecule has 0 aliphatic heterocycles. The summed E-state index contributed by atoms with van der Waals surface area (Å²) in [5.41, 5.74) is 1.62. The molecule has 15 heavy (non-hydrogen) atoms. The first kappa shape index (κ1) is 12.3. The molecule has 86 valence electrons. The van der Waals surface area contributed by atoms with E-state index in [1.807, 2.05) is 13.1 Å². The number of nitrogens with one attached hydrogen (secondary N) is 1. The van der Waals surface area contributed by atoms with Crippen LogP contribution < -0.4 is 5.32 Å². The van der Waals surface area contributed by atoms with Crippen LogP contribution in [0.1, 0.15) is 51.0 Å². The van der Waals surface area contributed by atoms with E-state index in [1.165, 1.54) is 12.0 Å². The molecule has 1 aromatic heterocycles. The summed E-state index contributed by atoms with van der Waals surface area (Å²) in [5.74, 6) is 1.08. The van der Waals surface area contributed by atoms with Gasteiger partial charge < -0.3 is 9.73 Å². The van der Waals surface area contributed by atoms with Crippen LogP contribution in [0, 0.1) is 12.3 Å². The zero-order valence-electron chi connectivity index (χ0n) is 10.6. The molecule has 0 amide bonds. The van der Waals surface area contributed by atoms with Crippen molar-refractivity contribution in [1.82, 2.24) is 5.32 Å². The van der Waals surface area contributed by atoms with Gasteiger partial charge in [-0.05, 0) is 43.9 Å². The molecular formula is C13H23NO. The third kappa shape index (κ3) is 3.71. The fourth-order valence-electron chi connectivity index (χ4n) is 1.73. The monoisotopic (exact) mass is 209 g/mol. The van der Waals surface area contributed by atoms with Crippen LogP contribution in [0.2, 0.25) is 0 Å². The van der Waals surface area contributed by atoms with Crippen molar-refractivity contribution in [3.05, 3.63) is 23.7 Å². The van der Waals surface area contributed by atoms with Crippen molar-refractivity contribution >= 4 is 0 Å². The first-order valence-electron chi connectivity index (χ1n) is 5.65. The predicted octanol–water partition coefficient (Wildman–Crippen LogP) is 3.67. The van der Waals surface area contributed by atoms with Crippen LogP contribution in [0.4, 0.5) is 0 Å². The number of aryl methyl sites for hydroxylation is 1. The molecule has 0 spiro atoms. The largest absolute Gasteiger partial charge is 0.467 e. The van der Waals surface area contributed by atoms with Gasteiger partial charge in [-0.1, -0.05) is 20.8 Å². The average molecular weight is 209 g/mol. The lowest BCUT2D eigenvalue weighted by molar-refractivity contribution is 0.317. The van der Waals surface area contributed by atoms with Gasteiger partial charge in [0.05, 0.1) is 12.3 Å². The molecule has 2 nitrogen and oxygen atoms in total. The van der Waals surface area contributed by atoms with Crippen molar-refractivity contribution in [2.24, 2.45) is 5.41 Å². The topological polar surface area (TPSA) is 25.2 Å². The van der Waals surface area contributed by atoms with Crippen LogP contribution >= 0.6 is 0 Å². The summed E-state index contributed by atoms with van der Waals surface area (Å²) in [5, 5.41) is 3.32. The van der Waals surface area contributed by atoms with E-state index in [4.69, 9.17) is 4.42 Å². The molecule has 1 N–H and O–H groups in total. The maximum Gasteiger partial charge on any atom is 0.123 e. The molecule has 0 radical (unpaired) electrons. The van der Waals surface area contributed by atoms with Crippen LogP contribution in [0.3, 0.4) is 0 Å². The lowest BCUT2D eigenvalue weighted by Crippen LogP contribution is -2.19. The van der Waals surface area contributed by atoms with Crippen LogP contribution in [0.5, 0.6) is 0 Å². The van der Waals surface area contributed by atoms with Crippen molar-refractivity contribution in [3.63, 3.8) is 0 Å². The average Bonchev–Trinajstić information content (AvgIpc) is 2.52. The number of hydrogen-bond acceptors (Lipinski definition) is 2. The highest BCUT2D eigenvalue weighted by Gasteiger charge is 2.18. The number of rotatable bonds is 4. The molecule has 0 aromatic carbocycles. The number of furan rings is 1. The van der Waals surface area contributed by atoms with Gasteiger partial charge in [0.25, 0.3) is 0 Å². The van der Waals surface area contributed by atoms with Gasteiger partial charge in [-0.2, -0.15) is 0 Å². The zero-order valence-corrected chi connectivity index (χ0v) is 10.6. The summed E-state index contributed by atoms with van der Waals surface area (Å²) >= 11 is 0. The fourth-order valence-corrected chi connectivity index (χ4v) is 1.73. The van der Waals surface area contributed by atoms with E-state index in [0.717, 1.165) is 12.2 Å². The Bertz CT molecular complexity index is 296. The zero-order chi connectivity index (χ0) is 11.5. The van der Waals surface area contributed by atoms with Crippen LogP contribution in [-0.2, 0) is 0 Å². The van der Waals surface area contributed by atoms with Crippen LogP contribution in [0.15, 0.2) is 16.7 Å². The SMILES string of the molecule is CNC(CCC(C)(C)C)c1occc1C. The molecule has 1 aromatic rings. The van der Waals surface area contributed by atoms with Gasteiger partial charge in [-0.25, -0.2) is 0 Å². The van der Waals surface area contributed by atoms with E-state index in [9.17, 15) is 0 Å². The summed E-state index contributed by atoms with van der Waals surface area (Å²) < 4.78 is 5.52. The summed E-state index contributed by atoms with van der Waals surface area (Å²) in [7, 11) is 2.00. The van der Waals surface area contributed by atoms with Gasteiger partial charge in [0.15, 0.2) is 0 Å². The lowest BCUT2D eigenvalue weighted by Gasteiger charge is -2.22. The molecule has 1 atom stereocenters. The number of hydrogen-bond donors (Lipinski definition) is 1. The molecule has 0 saturated heterocycles. The van der Waals surface area contributed by atoms with Gasteiger partial charge in [0.1, 0.15) is 5.76 Å². The Kier molecular flexibility index (Phi) is 3.97. The Morgan fingerprint density at radius 3 is 2.47 bits per heavy atom. The summed E-state index contributed by atoms with van der Waals surface area (Å²) in [4.78, 5) is 0. The summed E-state index contributed by atoms with van der Waals surface area (Å²) in [6.07, 6.45) is 4.08. The van der Waals surface area contributed by atoms with Gasteiger partial charge in [0, 0.05) is 0 Å². The van der Waals surface area contributed by atoms with E-state index in [0.29, 0.717) is 11.5 Å². The van der Waals surface area contributed by atoms with E-state index in [2.05, 4.69) is 33.0 Å². The van der Waals surface area contributed by atoms with Gasteiger partial charge in [-0.3, -0.25) is 0 Å². The third-order valence-electron chi connectivity index (χ3n) is 2.75. The second-order valence-corrected chi connectivity index (χ2v) is 5.41. The smallest absolute Gasteiger partial charge is 0.123 e. The molecule has 1 rings (SSSR count). The standard InChI is InChI=1S/C13H23NO/c1-10-7-9-15-12(10)11(14-5)6-8-13(2,3)4/h7,9,11,14H,6,8H2,1-5H3. The van der Waals surface area contributed by atoms with E-state index in [1.54, 1.807) is 6.26 Å². The minimum absolute atomic E-state index is 0.347. The normalized spacial score (nSPS) is 14.2. The summed E-state index contributed by atoms with van der Waals surface area (Å²) in [6.45, 7) is 8.92. The minimum Gasteiger partial charge on any atom is -0.467 e. The maximum absolute atomic E-state index is 5.52. The maximum atomic E-state index is 5.52. The molecule has 0 bridgehead atoms. The third-order valence-corrected chi connectivity index (χ3v) is 2.75. The second-order valence-electron chi connectivity index (χ2n) is 5.41. The lowest BCUT2D eigenvalue weighted by atomic mass is 9.88. The van der Waals surface area contributed by atoms with Gasteiger partial charge in [-0.15, -0.1) is 0 Å². The highest BCUT2D eigenvalue weighted by atomic mass is 16.3. The van der Waals surface area contributed by atoms with Crippen molar-refractivity contribution in [2.75, 3.05) is 7.05 Å². The molecule has 2 heteroatoms. The Balaban J connectivity index is 2.61. The Morgan fingerprint density at radius 1 is 1.40 bits per heavy atom. The van der Waals surface area contributed by atoms with E-state index < -0.39 is 0 Å². The predicted molar refractivity (Wildman–Crippen MR) is 63.9 cm³/mol. The van der Waals surface area contributed by atoms with E-state index >= 15 is 0 Å². The highest BCUT2D eigenvalue weighted by Crippen LogP contribution is 2.28. The quantitative estimate of drug-likeness (QED) is 0.818. The Morgan fingerprint density at radius 2 is 2.07 bits per heavy atom. The van der Waals surface area contributed by atoms with Gasteiger partial charge in [0.2, 0.25) is 0 Å². The molecule has 0 aliphatic rings. The fraction of sp³-hybridized carbons (Fsp3) is 0.692. The molecule has 0 fully saturated rings. The molecule has 1 unspecified atom stereocenters. The first-order valence-corrected chi connectivity index (χ1v) is 5.65. The summed E-state index contributed by atoms with van der Waals surface area (Å²) in [6, 6.07) is 2.37. The van der Waals surface area contributed by atoms with Crippen LogP contribution in [-0.4, -0.2) is 7.05 Å². The Labute approximate surface area is 93.1 Å². The van der Waals surface area contributed by atoms with Crippen molar-refractivity contribution < 1.29 is 4.42 Å². The molecular weight excluding hydrogens is 186 g/mol. The second kappa shape index (κ2) is 4.84. The molecule has 1 heterocycles.